The summed E-state index contributed by atoms with van der Waals surface area (Å²) in [5.41, 5.74) is 2.34. The first-order chi connectivity index (χ1) is 10.3. The van der Waals surface area contributed by atoms with Crippen LogP contribution in [-0.4, -0.2) is 41.4 Å². The highest BCUT2D eigenvalue weighted by Gasteiger charge is 2.32. The van der Waals surface area contributed by atoms with Gasteiger partial charge in [0.05, 0.1) is 0 Å². The summed E-state index contributed by atoms with van der Waals surface area (Å²) < 4.78 is 0. The number of amides is 1. The van der Waals surface area contributed by atoms with E-state index >= 15 is 0 Å². The molecule has 0 radical (unpaired) electrons. The molecule has 0 atom stereocenters. The van der Waals surface area contributed by atoms with E-state index in [4.69, 9.17) is 0 Å². The van der Waals surface area contributed by atoms with Crippen LogP contribution >= 0.6 is 0 Å². The number of carbonyl (C=O) groups excluding carboxylic acids is 1. The molecule has 1 aliphatic heterocycles. The molecule has 0 bridgehead atoms. The average Bonchev–Trinajstić information content (AvgIpc) is 2.84. The fourth-order valence-electron chi connectivity index (χ4n) is 3.12. The van der Waals surface area contributed by atoms with E-state index in [1.807, 2.05) is 17.0 Å². The number of nitrogens with zero attached hydrogens (tertiary/aromatic N) is 2. The van der Waals surface area contributed by atoms with Gasteiger partial charge in [-0.25, -0.2) is 0 Å². The van der Waals surface area contributed by atoms with Crippen LogP contribution in [-0.2, 0) is 6.54 Å². The number of rotatable bonds is 5. The number of benzene rings is 1. The van der Waals surface area contributed by atoms with Gasteiger partial charge >= 0.3 is 0 Å². The summed E-state index contributed by atoms with van der Waals surface area (Å²) in [6.07, 6.45) is 1.09. The van der Waals surface area contributed by atoms with E-state index in [-0.39, 0.29) is 11.3 Å². The minimum Gasteiger partial charge on any atom is -0.338 e. The molecule has 3 nitrogen and oxygen atoms in total. The molecule has 0 N–H and O–H groups in total. The van der Waals surface area contributed by atoms with Gasteiger partial charge in [-0.15, -0.1) is 0 Å². The first-order valence-corrected chi connectivity index (χ1v) is 8.44. The Labute approximate surface area is 135 Å². The van der Waals surface area contributed by atoms with E-state index in [1.165, 1.54) is 5.56 Å². The van der Waals surface area contributed by atoms with Gasteiger partial charge in [0.2, 0.25) is 0 Å². The number of hydrogen-bond acceptors (Lipinski definition) is 2. The Morgan fingerprint density at radius 2 is 1.91 bits per heavy atom. The van der Waals surface area contributed by atoms with Crippen molar-refractivity contribution in [3.8, 4) is 0 Å². The summed E-state index contributed by atoms with van der Waals surface area (Å²) in [6.45, 7) is 14.8. The van der Waals surface area contributed by atoms with E-state index < -0.39 is 0 Å². The fraction of sp³-hybridized carbons (Fsp3) is 0.632. The van der Waals surface area contributed by atoms with Crippen molar-refractivity contribution in [2.24, 2.45) is 5.41 Å². The Balaban J connectivity index is 2.01. The minimum atomic E-state index is 0.174. The third-order valence-corrected chi connectivity index (χ3v) is 4.69. The van der Waals surface area contributed by atoms with Crippen molar-refractivity contribution in [2.75, 3.05) is 19.6 Å². The molecule has 1 aromatic rings. The van der Waals surface area contributed by atoms with Crippen LogP contribution in [0, 0.1) is 5.41 Å². The standard InChI is InChI=1S/C19H30N2O/c1-6-20(15(2)3)13-16-7-9-17(10-8-16)18(22)21-12-11-19(4,5)14-21/h7-10,15H,6,11-14H2,1-5H3. The van der Waals surface area contributed by atoms with Crippen molar-refractivity contribution in [3.05, 3.63) is 35.4 Å². The van der Waals surface area contributed by atoms with Gasteiger partial charge in [-0.1, -0.05) is 32.9 Å². The van der Waals surface area contributed by atoms with Gasteiger partial charge in [-0.2, -0.15) is 0 Å². The van der Waals surface area contributed by atoms with Crippen molar-refractivity contribution < 1.29 is 4.79 Å². The van der Waals surface area contributed by atoms with Crippen molar-refractivity contribution in [2.45, 2.75) is 53.6 Å². The zero-order valence-corrected chi connectivity index (χ0v) is 14.7. The molecule has 1 aromatic carbocycles. The van der Waals surface area contributed by atoms with E-state index in [0.29, 0.717) is 6.04 Å². The quantitative estimate of drug-likeness (QED) is 0.826. The Morgan fingerprint density at radius 1 is 1.27 bits per heavy atom. The normalized spacial score (nSPS) is 17.5. The van der Waals surface area contributed by atoms with Crippen LogP contribution < -0.4 is 0 Å². The summed E-state index contributed by atoms with van der Waals surface area (Å²) in [4.78, 5) is 17.0. The van der Waals surface area contributed by atoms with Crippen LogP contribution in [0.5, 0.6) is 0 Å². The molecular weight excluding hydrogens is 272 g/mol. The second kappa shape index (κ2) is 6.82. The molecule has 122 valence electrons. The summed E-state index contributed by atoms with van der Waals surface area (Å²) in [7, 11) is 0. The second-order valence-electron chi connectivity index (χ2n) is 7.49. The van der Waals surface area contributed by atoms with Crippen molar-refractivity contribution >= 4 is 5.91 Å². The Hall–Kier alpha value is -1.35. The molecule has 0 unspecified atom stereocenters. The lowest BCUT2D eigenvalue weighted by Gasteiger charge is -2.25. The molecule has 22 heavy (non-hydrogen) atoms. The van der Waals surface area contributed by atoms with Crippen LogP contribution in [0.1, 0.15) is 57.0 Å². The van der Waals surface area contributed by atoms with Crippen molar-refractivity contribution in [1.29, 1.82) is 0 Å². The predicted octanol–water partition coefficient (Wildman–Crippen LogP) is 3.79. The highest BCUT2D eigenvalue weighted by Crippen LogP contribution is 2.29. The summed E-state index contributed by atoms with van der Waals surface area (Å²) in [5.74, 6) is 0.174. The van der Waals surface area contributed by atoms with Crippen LogP contribution in [0.4, 0.5) is 0 Å². The average molecular weight is 302 g/mol. The van der Waals surface area contributed by atoms with Gasteiger partial charge in [0.15, 0.2) is 0 Å². The van der Waals surface area contributed by atoms with Crippen molar-refractivity contribution in [1.82, 2.24) is 9.80 Å². The molecule has 1 amide bonds. The summed E-state index contributed by atoms with van der Waals surface area (Å²) in [5, 5.41) is 0. The molecule has 0 spiro atoms. The van der Waals surface area contributed by atoms with E-state index in [2.05, 4.69) is 51.7 Å². The Kier molecular flexibility index (Phi) is 5.28. The minimum absolute atomic E-state index is 0.174. The first kappa shape index (κ1) is 17.0. The molecule has 1 aliphatic rings. The lowest BCUT2D eigenvalue weighted by atomic mass is 9.93. The summed E-state index contributed by atoms with van der Waals surface area (Å²) in [6, 6.07) is 8.70. The smallest absolute Gasteiger partial charge is 0.253 e. The molecule has 0 saturated carbocycles. The summed E-state index contributed by atoms with van der Waals surface area (Å²) >= 11 is 0. The largest absolute Gasteiger partial charge is 0.338 e. The maximum Gasteiger partial charge on any atom is 0.253 e. The van der Waals surface area contributed by atoms with Crippen molar-refractivity contribution in [3.63, 3.8) is 0 Å². The highest BCUT2D eigenvalue weighted by atomic mass is 16.2. The molecular formula is C19H30N2O. The lowest BCUT2D eigenvalue weighted by Crippen LogP contribution is -2.31. The van der Waals surface area contributed by atoms with Crippen LogP contribution in [0.15, 0.2) is 24.3 Å². The first-order valence-electron chi connectivity index (χ1n) is 8.44. The lowest BCUT2D eigenvalue weighted by molar-refractivity contribution is 0.0778. The molecule has 2 rings (SSSR count). The van der Waals surface area contributed by atoms with E-state index in [1.54, 1.807) is 0 Å². The topological polar surface area (TPSA) is 23.6 Å². The number of likely N-dealkylation sites (tertiary alicyclic amines) is 1. The fourth-order valence-corrected chi connectivity index (χ4v) is 3.12. The van der Waals surface area contributed by atoms with Gasteiger partial charge in [-0.05, 0) is 49.9 Å². The Morgan fingerprint density at radius 3 is 2.36 bits per heavy atom. The monoisotopic (exact) mass is 302 g/mol. The third kappa shape index (κ3) is 4.10. The van der Waals surface area contributed by atoms with Gasteiger partial charge < -0.3 is 4.90 Å². The molecule has 0 aliphatic carbocycles. The molecule has 1 saturated heterocycles. The third-order valence-electron chi connectivity index (χ3n) is 4.69. The van der Waals surface area contributed by atoms with E-state index in [0.717, 1.165) is 38.2 Å². The zero-order valence-electron chi connectivity index (χ0n) is 14.7. The maximum absolute atomic E-state index is 12.5. The van der Waals surface area contributed by atoms with Gasteiger partial charge in [0, 0.05) is 31.2 Å². The zero-order chi connectivity index (χ0) is 16.3. The van der Waals surface area contributed by atoms with Crippen LogP contribution in [0.3, 0.4) is 0 Å². The van der Waals surface area contributed by atoms with Gasteiger partial charge in [0.25, 0.3) is 5.91 Å². The molecule has 0 aromatic heterocycles. The van der Waals surface area contributed by atoms with Crippen LogP contribution in [0.25, 0.3) is 0 Å². The molecule has 1 fully saturated rings. The van der Waals surface area contributed by atoms with E-state index in [9.17, 15) is 4.79 Å². The van der Waals surface area contributed by atoms with Crippen LogP contribution in [0.2, 0.25) is 0 Å². The number of carbonyl (C=O) groups is 1. The number of hydrogen-bond donors (Lipinski definition) is 0. The maximum atomic E-state index is 12.5. The predicted molar refractivity (Wildman–Crippen MR) is 92.0 cm³/mol. The highest BCUT2D eigenvalue weighted by molar-refractivity contribution is 5.94. The molecule has 1 heterocycles. The Bertz CT molecular complexity index is 505. The van der Waals surface area contributed by atoms with Gasteiger partial charge in [0.1, 0.15) is 0 Å². The molecule has 3 heteroatoms. The SMILES string of the molecule is CCN(Cc1ccc(C(=O)N2CCC(C)(C)C2)cc1)C(C)C. The second-order valence-corrected chi connectivity index (χ2v) is 7.49. The van der Waals surface area contributed by atoms with Gasteiger partial charge in [-0.3, -0.25) is 9.69 Å².